The number of anilines is 1. The van der Waals surface area contributed by atoms with Crippen molar-refractivity contribution in [3.05, 3.63) is 50.9 Å². The van der Waals surface area contributed by atoms with Crippen molar-refractivity contribution in [3.63, 3.8) is 0 Å². The van der Waals surface area contributed by atoms with E-state index >= 15 is 0 Å². The van der Waals surface area contributed by atoms with E-state index in [1.807, 2.05) is 6.07 Å². The van der Waals surface area contributed by atoms with Crippen molar-refractivity contribution >= 4 is 49.2 Å². The van der Waals surface area contributed by atoms with E-state index in [0.29, 0.717) is 16.0 Å². The van der Waals surface area contributed by atoms with Gasteiger partial charge in [-0.2, -0.15) is 0 Å². The van der Waals surface area contributed by atoms with Crippen LogP contribution in [0.4, 0.5) is 5.13 Å². The van der Waals surface area contributed by atoms with Crippen molar-refractivity contribution in [1.82, 2.24) is 14.5 Å². The van der Waals surface area contributed by atoms with Crippen molar-refractivity contribution in [3.8, 4) is 0 Å². The van der Waals surface area contributed by atoms with Gasteiger partial charge in [0.15, 0.2) is 5.13 Å². The van der Waals surface area contributed by atoms with Gasteiger partial charge in [0.2, 0.25) is 5.91 Å². The maximum Gasteiger partial charge on any atom is 0.261 e. The molecule has 0 saturated carbocycles. The fourth-order valence-corrected chi connectivity index (χ4v) is 2.89. The molecule has 0 radical (unpaired) electrons. The van der Waals surface area contributed by atoms with Gasteiger partial charge in [-0.1, -0.05) is 15.9 Å². The molecule has 1 amide bonds. The first-order valence-corrected chi connectivity index (χ1v) is 8.15. The monoisotopic (exact) mass is 378 g/mol. The lowest BCUT2D eigenvalue weighted by Gasteiger charge is -2.06. The average molecular weight is 379 g/mol. The summed E-state index contributed by atoms with van der Waals surface area (Å²) >= 11 is 4.69. The molecule has 0 unspecified atom stereocenters. The van der Waals surface area contributed by atoms with Crippen LogP contribution in [-0.2, 0) is 11.3 Å². The van der Waals surface area contributed by atoms with Crippen LogP contribution >= 0.6 is 27.3 Å². The number of rotatable bonds is 4. The van der Waals surface area contributed by atoms with E-state index < -0.39 is 0 Å². The van der Waals surface area contributed by atoms with E-state index in [0.717, 1.165) is 4.47 Å². The zero-order valence-corrected chi connectivity index (χ0v) is 13.7. The number of carbonyl (C=O) groups excluding carboxylic acids is 1. The Morgan fingerprint density at radius 1 is 1.36 bits per heavy atom. The van der Waals surface area contributed by atoms with Crippen molar-refractivity contribution in [1.29, 1.82) is 0 Å². The molecule has 6 nitrogen and oxygen atoms in total. The minimum Gasteiger partial charge on any atom is -0.302 e. The molecule has 0 atom stereocenters. The maximum atomic E-state index is 12.4. The molecule has 3 aromatic rings. The number of halogens is 1. The van der Waals surface area contributed by atoms with Gasteiger partial charge in [0.25, 0.3) is 5.56 Å². The maximum absolute atomic E-state index is 12.4. The van der Waals surface area contributed by atoms with Crippen LogP contribution < -0.4 is 10.9 Å². The standard InChI is InChI=1S/C14H11BrN4O2S/c15-9-1-2-11-10(7-9)13(21)19(8-17-11)5-3-12(20)18-14-16-4-6-22-14/h1-2,4,6-8H,3,5H2,(H,16,18,20). The van der Waals surface area contributed by atoms with Gasteiger partial charge in [-0.3, -0.25) is 14.2 Å². The first kappa shape index (κ1) is 14.9. The van der Waals surface area contributed by atoms with Gasteiger partial charge in [0, 0.05) is 29.0 Å². The van der Waals surface area contributed by atoms with Gasteiger partial charge in [0.1, 0.15) is 0 Å². The lowest BCUT2D eigenvalue weighted by Crippen LogP contribution is -2.23. The Labute approximate surface area is 138 Å². The third-order valence-corrected chi connectivity index (χ3v) is 4.23. The second-order valence-electron chi connectivity index (χ2n) is 4.54. The number of hydrogen-bond acceptors (Lipinski definition) is 5. The van der Waals surface area contributed by atoms with Gasteiger partial charge in [-0.25, -0.2) is 9.97 Å². The lowest BCUT2D eigenvalue weighted by molar-refractivity contribution is -0.116. The van der Waals surface area contributed by atoms with E-state index in [2.05, 4.69) is 31.2 Å². The minimum absolute atomic E-state index is 0.159. The number of thiazole rings is 1. The molecule has 22 heavy (non-hydrogen) atoms. The predicted molar refractivity (Wildman–Crippen MR) is 89.1 cm³/mol. The number of aromatic nitrogens is 3. The molecule has 1 aromatic carbocycles. The molecule has 0 bridgehead atoms. The summed E-state index contributed by atoms with van der Waals surface area (Å²) < 4.78 is 2.26. The fourth-order valence-electron chi connectivity index (χ4n) is 1.98. The van der Waals surface area contributed by atoms with Crippen molar-refractivity contribution in [2.75, 3.05) is 5.32 Å². The van der Waals surface area contributed by atoms with Crippen LogP contribution in [-0.4, -0.2) is 20.4 Å². The van der Waals surface area contributed by atoms with E-state index in [-0.39, 0.29) is 24.4 Å². The predicted octanol–water partition coefficient (Wildman–Crippen LogP) is 2.64. The average Bonchev–Trinajstić information content (AvgIpc) is 3.00. The molecule has 8 heteroatoms. The third-order valence-electron chi connectivity index (χ3n) is 3.04. The number of nitrogens with one attached hydrogen (secondary N) is 1. The van der Waals surface area contributed by atoms with Crippen LogP contribution in [0.3, 0.4) is 0 Å². The summed E-state index contributed by atoms with van der Waals surface area (Å²) in [6.45, 7) is 0.269. The van der Waals surface area contributed by atoms with Crippen LogP contribution in [0.25, 0.3) is 10.9 Å². The van der Waals surface area contributed by atoms with Crippen molar-refractivity contribution < 1.29 is 4.79 Å². The van der Waals surface area contributed by atoms with Gasteiger partial charge in [-0.05, 0) is 18.2 Å². The number of fused-ring (bicyclic) bond motifs is 1. The molecule has 1 N–H and O–H groups in total. The van der Waals surface area contributed by atoms with Crippen LogP contribution in [0.5, 0.6) is 0 Å². The quantitative estimate of drug-likeness (QED) is 0.756. The van der Waals surface area contributed by atoms with Gasteiger partial charge in [-0.15, -0.1) is 11.3 Å². The Hall–Kier alpha value is -2.06. The topological polar surface area (TPSA) is 76.9 Å². The van der Waals surface area contributed by atoms with Crippen LogP contribution in [0.2, 0.25) is 0 Å². The van der Waals surface area contributed by atoms with E-state index in [1.54, 1.807) is 23.7 Å². The molecular formula is C14H11BrN4O2S. The van der Waals surface area contributed by atoms with Gasteiger partial charge in [0.05, 0.1) is 17.2 Å². The second kappa shape index (κ2) is 6.37. The highest BCUT2D eigenvalue weighted by Crippen LogP contribution is 2.15. The lowest BCUT2D eigenvalue weighted by atomic mass is 10.2. The van der Waals surface area contributed by atoms with Gasteiger partial charge < -0.3 is 5.32 Å². The summed E-state index contributed by atoms with van der Waals surface area (Å²) in [6.07, 6.45) is 3.27. The molecular weight excluding hydrogens is 368 g/mol. The first-order valence-electron chi connectivity index (χ1n) is 6.47. The Balaban J connectivity index is 1.75. The summed E-state index contributed by atoms with van der Waals surface area (Å²) in [4.78, 5) is 32.4. The Morgan fingerprint density at radius 3 is 3.00 bits per heavy atom. The highest BCUT2D eigenvalue weighted by molar-refractivity contribution is 9.10. The summed E-state index contributed by atoms with van der Waals surface area (Å²) in [7, 11) is 0. The molecule has 2 aromatic heterocycles. The van der Waals surface area contributed by atoms with Crippen molar-refractivity contribution in [2.45, 2.75) is 13.0 Å². The molecule has 0 fully saturated rings. The normalized spacial score (nSPS) is 10.8. The molecule has 0 spiro atoms. The highest BCUT2D eigenvalue weighted by atomic mass is 79.9. The van der Waals surface area contributed by atoms with Crippen LogP contribution in [0.15, 0.2) is 45.4 Å². The first-order chi connectivity index (χ1) is 10.6. The molecule has 0 aliphatic carbocycles. The number of aryl methyl sites for hydroxylation is 1. The fraction of sp³-hybridized carbons (Fsp3) is 0.143. The summed E-state index contributed by atoms with van der Waals surface area (Å²) in [5.41, 5.74) is 0.477. The minimum atomic E-state index is -0.184. The highest BCUT2D eigenvalue weighted by Gasteiger charge is 2.08. The number of nitrogens with zero attached hydrogens (tertiary/aromatic N) is 3. The number of carbonyl (C=O) groups is 1. The smallest absolute Gasteiger partial charge is 0.261 e. The Bertz CT molecular complexity index is 876. The molecule has 0 aliphatic rings. The number of benzene rings is 1. The number of amides is 1. The zero-order valence-electron chi connectivity index (χ0n) is 11.3. The van der Waals surface area contributed by atoms with Crippen molar-refractivity contribution in [2.24, 2.45) is 0 Å². The Kier molecular flexibility index (Phi) is 4.30. The van der Waals surface area contributed by atoms with E-state index in [4.69, 9.17) is 0 Å². The molecule has 3 rings (SSSR count). The molecule has 0 saturated heterocycles. The molecule has 0 aliphatic heterocycles. The Morgan fingerprint density at radius 2 is 2.23 bits per heavy atom. The summed E-state index contributed by atoms with van der Waals surface area (Å²) in [5.74, 6) is -0.184. The number of hydrogen-bond donors (Lipinski definition) is 1. The second-order valence-corrected chi connectivity index (χ2v) is 6.35. The third kappa shape index (κ3) is 3.23. The summed E-state index contributed by atoms with van der Waals surface area (Å²) in [6, 6.07) is 5.34. The van der Waals surface area contributed by atoms with E-state index in [1.165, 1.54) is 22.2 Å². The zero-order chi connectivity index (χ0) is 15.5. The van der Waals surface area contributed by atoms with Gasteiger partial charge >= 0.3 is 0 Å². The molecule has 2 heterocycles. The van der Waals surface area contributed by atoms with E-state index in [9.17, 15) is 9.59 Å². The molecule has 112 valence electrons. The summed E-state index contributed by atoms with van der Waals surface area (Å²) in [5, 5.41) is 5.54. The SMILES string of the molecule is O=C(CCn1cnc2ccc(Br)cc2c1=O)Nc1nccs1. The van der Waals surface area contributed by atoms with Crippen LogP contribution in [0.1, 0.15) is 6.42 Å². The van der Waals surface area contributed by atoms with Crippen LogP contribution in [0, 0.1) is 0 Å². The largest absolute Gasteiger partial charge is 0.302 e.